The lowest BCUT2D eigenvalue weighted by atomic mass is 9.95. The molecule has 2 aromatic carbocycles. The van der Waals surface area contributed by atoms with E-state index < -0.39 is 0 Å². The lowest BCUT2D eigenvalue weighted by molar-refractivity contribution is 0.229. The van der Waals surface area contributed by atoms with Crippen LogP contribution < -0.4 is 4.74 Å². The van der Waals surface area contributed by atoms with Gasteiger partial charge in [0.2, 0.25) is 0 Å². The molecule has 0 radical (unpaired) electrons. The molecule has 0 heterocycles. The van der Waals surface area contributed by atoms with Gasteiger partial charge < -0.3 is 9.84 Å². The molecule has 0 bridgehead atoms. The Labute approximate surface area is 128 Å². The van der Waals surface area contributed by atoms with Crippen LogP contribution in [0.15, 0.2) is 53.0 Å². The smallest absolute Gasteiger partial charge is 0.119 e. The van der Waals surface area contributed by atoms with Crippen LogP contribution in [0.3, 0.4) is 0 Å². The standard InChI is InChI=1S/C17H19BrO2/c1-13-3-2-4-14(11-13)15(12-19)9-10-20-17-7-5-16(18)6-8-17/h2-8,11,15,19H,9-10,12H2,1H3. The first-order valence-corrected chi connectivity index (χ1v) is 7.54. The van der Waals surface area contributed by atoms with Crippen molar-refractivity contribution in [2.24, 2.45) is 0 Å². The van der Waals surface area contributed by atoms with Gasteiger partial charge in [-0.2, -0.15) is 0 Å². The largest absolute Gasteiger partial charge is 0.494 e. The third kappa shape index (κ3) is 4.36. The van der Waals surface area contributed by atoms with Crippen molar-refractivity contribution in [1.29, 1.82) is 0 Å². The molecule has 2 nitrogen and oxygen atoms in total. The Morgan fingerprint density at radius 2 is 1.90 bits per heavy atom. The van der Waals surface area contributed by atoms with E-state index in [1.165, 1.54) is 11.1 Å². The lowest BCUT2D eigenvalue weighted by Gasteiger charge is -2.15. The molecule has 0 aromatic heterocycles. The highest BCUT2D eigenvalue weighted by atomic mass is 79.9. The minimum Gasteiger partial charge on any atom is -0.494 e. The fraction of sp³-hybridized carbons (Fsp3) is 0.294. The molecule has 3 heteroatoms. The molecule has 0 amide bonds. The minimum absolute atomic E-state index is 0.130. The first-order valence-electron chi connectivity index (χ1n) is 6.75. The van der Waals surface area contributed by atoms with Gasteiger partial charge in [-0.15, -0.1) is 0 Å². The second kappa shape index (κ2) is 7.46. The van der Waals surface area contributed by atoms with Gasteiger partial charge in [-0.1, -0.05) is 45.8 Å². The Kier molecular flexibility index (Phi) is 5.62. The fourth-order valence-electron chi connectivity index (χ4n) is 2.14. The Morgan fingerprint density at radius 1 is 1.15 bits per heavy atom. The monoisotopic (exact) mass is 334 g/mol. The SMILES string of the molecule is Cc1cccc(C(CO)CCOc2ccc(Br)cc2)c1. The van der Waals surface area contributed by atoms with E-state index in [1.54, 1.807) is 0 Å². The Morgan fingerprint density at radius 3 is 2.55 bits per heavy atom. The van der Waals surface area contributed by atoms with Crippen molar-refractivity contribution >= 4 is 15.9 Å². The van der Waals surface area contributed by atoms with Crippen molar-refractivity contribution in [3.63, 3.8) is 0 Å². The second-order valence-corrected chi connectivity index (χ2v) is 5.80. The molecule has 2 aromatic rings. The van der Waals surface area contributed by atoms with Crippen molar-refractivity contribution in [3.05, 3.63) is 64.1 Å². The van der Waals surface area contributed by atoms with Crippen LogP contribution >= 0.6 is 15.9 Å². The van der Waals surface area contributed by atoms with E-state index >= 15 is 0 Å². The molecule has 0 saturated carbocycles. The highest BCUT2D eigenvalue weighted by Gasteiger charge is 2.10. The normalized spacial score (nSPS) is 12.2. The maximum absolute atomic E-state index is 9.54. The molecular formula is C17H19BrO2. The summed E-state index contributed by atoms with van der Waals surface area (Å²) in [5.41, 5.74) is 2.39. The van der Waals surface area contributed by atoms with Crippen molar-refractivity contribution in [2.75, 3.05) is 13.2 Å². The summed E-state index contributed by atoms with van der Waals surface area (Å²) in [6, 6.07) is 16.1. The van der Waals surface area contributed by atoms with Gasteiger partial charge >= 0.3 is 0 Å². The maximum atomic E-state index is 9.54. The van der Waals surface area contributed by atoms with Crippen LogP contribution in [0.4, 0.5) is 0 Å². The predicted octanol–water partition coefficient (Wildman–Crippen LogP) is 4.30. The average Bonchev–Trinajstić information content (AvgIpc) is 2.45. The van der Waals surface area contributed by atoms with Gasteiger partial charge in [-0.05, 0) is 43.2 Å². The Bertz CT molecular complexity index is 537. The highest BCUT2D eigenvalue weighted by molar-refractivity contribution is 9.10. The van der Waals surface area contributed by atoms with E-state index in [2.05, 4.69) is 41.1 Å². The number of hydrogen-bond donors (Lipinski definition) is 1. The van der Waals surface area contributed by atoms with Crippen LogP contribution in [0, 0.1) is 6.92 Å². The number of aliphatic hydroxyl groups excluding tert-OH is 1. The maximum Gasteiger partial charge on any atom is 0.119 e. The average molecular weight is 335 g/mol. The second-order valence-electron chi connectivity index (χ2n) is 4.88. The summed E-state index contributed by atoms with van der Waals surface area (Å²) in [6.45, 7) is 2.81. The lowest BCUT2D eigenvalue weighted by Crippen LogP contribution is -2.09. The third-order valence-corrected chi connectivity index (χ3v) is 3.81. The van der Waals surface area contributed by atoms with E-state index in [4.69, 9.17) is 4.74 Å². The van der Waals surface area contributed by atoms with Crippen molar-refractivity contribution < 1.29 is 9.84 Å². The first kappa shape index (κ1) is 15.1. The zero-order chi connectivity index (χ0) is 14.4. The van der Waals surface area contributed by atoms with Crippen molar-refractivity contribution in [1.82, 2.24) is 0 Å². The van der Waals surface area contributed by atoms with Gasteiger partial charge in [0.25, 0.3) is 0 Å². The molecule has 0 spiro atoms. The number of aliphatic hydroxyl groups is 1. The van der Waals surface area contributed by atoms with Gasteiger partial charge in [0.05, 0.1) is 13.2 Å². The van der Waals surface area contributed by atoms with Crippen LogP contribution in [-0.2, 0) is 0 Å². The Hall–Kier alpha value is -1.32. The Balaban J connectivity index is 1.89. The van der Waals surface area contributed by atoms with Crippen molar-refractivity contribution in [2.45, 2.75) is 19.3 Å². The number of benzene rings is 2. The summed E-state index contributed by atoms with van der Waals surface area (Å²) >= 11 is 3.40. The van der Waals surface area contributed by atoms with Crippen molar-refractivity contribution in [3.8, 4) is 5.75 Å². The molecule has 2 rings (SSSR count). The molecule has 0 fully saturated rings. The highest BCUT2D eigenvalue weighted by Crippen LogP contribution is 2.21. The molecule has 1 N–H and O–H groups in total. The molecule has 0 saturated heterocycles. The third-order valence-electron chi connectivity index (χ3n) is 3.28. The number of halogens is 1. The summed E-state index contributed by atoms with van der Waals surface area (Å²) in [5.74, 6) is 0.986. The zero-order valence-corrected chi connectivity index (χ0v) is 13.1. The molecular weight excluding hydrogens is 316 g/mol. The van der Waals surface area contributed by atoms with Gasteiger partial charge in [0.1, 0.15) is 5.75 Å². The summed E-state index contributed by atoms with van der Waals surface area (Å²) in [6.07, 6.45) is 0.802. The number of aryl methyl sites for hydroxylation is 1. The van der Waals surface area contributed by atoms with Crippen LogP contribution in [0.2, 0.25) is 0 Å². The van der Waals surface area contributed by atoms with Crippen LogP contribution in [0.1, 0.15) is 23.5 Å². The molecule has 0 aliphatic rings. The molecule has 106 valence electrons. The quantitative estimate of drug-likeness (QED) is 0.853. The summed E-state index contributed by atoms with van der Waals surface area (Å²) in [4.78, 5) is 0. The summed E-state index contributed by atoms with van der Waals surface area (Å²) in [7, 11) is 0. The molecule has 0 aliphatic heterocycles. The van der Waals surface area contributed by atoms with E-state index in [-0.39, 0.29) is 12.5 Å². The predicted molar refractivity (Wildman–Crippen MR) is 85.3 cm³/mol. The van der Waals surface area contributed by atoms with Gasteiger partial charge in [-0.25, -0.2) is 0 Å². The van der Waals surface area contributed by atoms with Crippen LogP contribution in [0.5, 0.6) is 5.75 Å². The fourth-order valence-corrected chi connectivity index (χ4v) is 2.40. The van der Waals surface area contributed by atoms with Gasteiger partial charge in [0.15, 0.2) is 0 Å². The molecule has 1 atom stereocenters. The molecule has 20 heavy (non-hydrogen) atoms. The topological polar surface area (TPSA) is 29.5 Å². The first-order chi connectivity index (χ1) is 9.69. The minimum atomic E-state index is 0.130. The molecule has 1 unspecified atom stereocenters. The van der Waals surface area contributed by atoms with Crippen LogP contribution in [0.25, 0.3) is 0 Å². The summed E-state index contributed by atoms with van der Waals surface area (Å²) in [5, 5.41) is 9.54. The van der Waals surface area contributed by atoms with Gasteiger partial charge in [-0.3, -0.25) is 0 Å². The van der Waals surface area contributed by atoms with Gasteiger partial charge in [0, 0.05) is 10.4 Å². The molecule has 0 aliphatic carbocycles. The summed E-state index contributed by atoms with van der Waals surface area (Å²) < 4.78 is 6.75. The van der Waals surface area contributed by atoms with E-state index in [1.807, 2.05) is 30.3 Å². The number of rotatable bonds is 6. The van der Waals surface area contributed by atoms with E-state index in [0.717, 1.165) is 16.6 Å². The van der Waals surface area contributed by atoms with E-state index in [0.29, 0.717) is 6.61 Å². The zero-order valence-electron chi connectivity index (χ0n) is 11.6. The number of hydrogen-bond acceptors (Lipinski definition) is 2. The van der Waals surface area contributed by atoms with Crippen LogP contribution in [-0.4, -0.2) is 18.3 Å². The van der Waals surface area contributed by atoms with E-state index in [9.17, 15) is 5.11 Å². The number of ether oxygens (including phenoxy) is 1.